The zero-order valence-electron chi connectivity index (χ0n) is 38.5. The number of nitrogens with zero attached hydrogens (tertiary/aromatic N) is 2. The maximum absolute atomic E-state index is 6.87. The Bertz CT molecular complexity index is 3600. The second kappa shape index (κ2) is 16.9. The van der Waals surface area contributed by atoms with Crippen LogP contribution < -0.4 is 5.32 Å². The fraction of sp³-hybridized carbons (Fsp3) is 0.0968. The Morgan fingerprint density at radius 3 is 1.49 bits per heavy atom. The molecular weight excluding hydrogens is 819 g/mol. The molecule has 1 aliphatic rings. The number of nitrogens with one attached hydrogen (secondary N) is 1. The summed E-state index contributed by atoms with van der Waals surface area (Å²) in [5, 5.41) is 5.96. The standard InChI is InChI=1S/C62H49N3O2/c1-37-16-13-17-38(2)55(37)53-35-45-26-28-63-59(61(45)66-53)50-31-47(43-22-9-7-10-23-43)30-49(32-50)58(57-41(5)20-15-21-42(57)6)51-33-48(44-24-11-8-12-25-44)34-52(65-51)60-62-46(27-29-64-60)36-54(67-62)56-39(3)18-14-19-40(56)4/h7-36,65H,1-6H3. The Hall–Kier alpha value is -8.28. The van der Waals surface area contributed by atoms with Crippen LogP contribution in [0.5, 0.6) is 0 Å². The highest BCUT2D eigenvalue weighted by Gasteiger charge is 2.25. The molecular formula is C62H49N3O2. The van der Waals surface area contributed by atoms with Gasteiger partial charge >= 0.3 is 0 Å². The first-order valence-electron chi connectivity index (χ1n) is 22.9. The molecule has 0 unspecified atom stereocenters. The van der Waals surface area contributed by atoms with Crippen molar-refractivity contribution in [3.8, 4) is 45.0 Å². The molecule has 0 atom stereocenters. The Labute approximate surface area is 391 Å². The van der Waals surface area contributed by atoms with Crippen LogP contribution >= 0.6 is 0 Å². The zero-order valence-corrected chi connectivity index (χ0v) is 38.5. The molecule has 0 spiro atoms. The van der Waals surface area contributed by atoms with Gasteiger partial charge in [0.15, 0.2) is 11.2 Å². The van der Waals surface area contributed by atoms with Gasteiger partial charge < -0.3 is 14.2 Å². The molecule has 324 valence electrons. The van der Waals surface area contributed by atoms with Crippen LogP contribution in [0.3, 0.4) is 0 Å². The van der Waals surface area contributed by atoms with Crippen molar-refractivity contribution in [3.63, 3.8) is 0 Å². The maximum atomic E-state index is 6.87. The Balaban J connectivity index is 1.17. The highest BCUT2D eigenvalue weighted by molar-refractivity contribution is 6.00. The van der Waals surface area contributed by atoms with E-state index in [2.05, 4.69) is 205 Å². The second-order valence-electron chi connectivity index (χ2n) is 17.8. The van der Waals surface area contributed by atoms with Gasteiger partial charge in [0.25, 0.3) is 0 Å². The average Bonchev–Trinajstić information content (AvgIpc) is 3.98. The van der Waals surface area contributed by atoms with Gasteiger partial charge in [-0.3, -0.25) is 9.97 Å². The number of aromatic nitrogens is 2. The third-order valence-electron chi connectivity index (χ3n) is 13.2. The summed E-state index contributed by atoms with van der Waals surface area (Å²) in [4.78, 5) is 10.1. The predicted molar refractivity (Wildman–Crippen MR) is 276 cm³/mol. The van der Waals surface area contributed by atoms with Crippen LogP contribution in [-0.4, -0.2) is 9.97 Å². The number of allylic oxidation sites excluding steroid dienone is 3. The third kappa shape index (κ3) is 7.58. The monoisotopic (exact) mass is 867 g/mol. The first-order chi connectivity index (χ1) is 32.7. The molecule has 4 aromatic heterocycles. The molecule has 0 bridgehead atoms. The van der Waals surface area contributed by atoms with Gasteiger partial charge in [-0.05, 0) is 163 Å². The largest absolute Gasteiger partial charge is 0.454 e. The molecule has 5 nitrogen and oxygen atoms in total. The Kier molecular flexibility index (Phi) is 10.5. The molecule has 5 heteroatoms. The van der Waals surface area contributed by atoms with Crippen molar-refractivity contribution in [1.82, 2.24) is 15.3 Å². The number of dihydropyridines is 1. The van der Waals surface area contributed by atoms with E-state index in [9.17, 15) is 0 Å². The van der Waals surface area contributed by atoms with Crippen molar-refractivity contribution < 1.29 is 8.83 Å². The zero-order chi connectivity index (χ0) is 45.8. The van der Waals surface area contributed by atoms with Crippen molar-refractivity contribution >= 4 is 38.8 Å². The summed E-state index contributed by atoms with van der Waals surface area (Å²) in [7, 11) is 0. The number of aryl methyl sites for hydroxylation is 6. The number of hydrogen-bond donors (Lipinski definition) is 1. The minimum Gasteiger partial charge on any atom is -0.454 e. The van der Waals surface area contributed by atoms with E-state index in [-0.39, 0.29) is 0 Å². The number of hydrogen-bond acceptors (Lipinski definition) is 5. The molecule has 1 N–H and O–H groups in total. The van der Waals surface area contributed by atoms with Crippen LogP contribution in [0.2, 0.25) is 0 Å². The van der Waals surface area contributed by atoms with Gasteiger partial charge in [0.1, 0.15) is 22.9 Å². The van der Waals surface area contributed by atoms with E-state index < -0.39 is 0 Å². The molecule has 67 heavy (non-hydrogen) atoms. The van der Waals surface area contributed by atoms with Crippen LogP contribution in [0.4, 0.5) is 0 Å². The minimum absolute atomic E-state index is 0.729. The number of pyridine rings is 2. The van der Waals surface area contributed by atoms with Crippen LogP contribution in [-0.2, 0) is 0 Å². The molecule has 0 fully saturated rings. The first-order valence-corrected chi connectivity index (χ1v) is 22.9. The fourth-order valence-corrected chi connectivity index (χ4v) is 9.96. The average molecular weight is 868 g/mol. The molecule has 0 amide bonds. The molecule has 0 radical (unpaired) electrons. The van der Waals surface area contributed by atoms with Gasteiger partial charge in [-0.25, -0.2) is 0 Å². The van der Waals surface area contributed by atoms with Crippen LogP contribution in [0.15, 0.2) is 197 Å². The van der Waals surface area contributed by atoms with E-state index in [1.54, 1.807) is 0 Å². The summed E-state index contributed by atoms with van der Waals surface area (Å²) in [5.74, 6) is 1.66. The molecule has 6 aromatic carbocycles. The quantitative estimate of drug-likeness (QED) is 0.165. The number of rotatable bonds is 8. The molecule has 5 heterocycles. The topological polar surface area (TPSA) is 64.1 Å². The van der Waals surface area contributed by atoms with Crippen molar-refractivity contribution in [2.45, 2.75) is 41.5 Å². The fourth-order valence-electron chi connectivity index (χ4n) is 9.96. The smallest absolute Gasteiger partial charge is 0.162 e. The van der Waals surface area contributed by atoms with Gasteiger partial charge in [0.05, 0.1) is 5.70 Å². The lowest BCUT2D eigenvalue weighted by Gasteiger charge is -2.25. The van der Waals surface area contributed by atoms with Crippen molar-refractivity contribution in [2.24, 2.45) is 0 Å². The summed E-state index contributed by atoms with van der Waals surface area (Å²) >= 11 is 0. The Morgan fingerprint density at radius 2 is 0.925 bits per heavy atom. The summed E-state index contributed by atoms with van der Waals surface area (Å²) in [6.07, 6.45) is 8.25. The molecule has 0 saturated heterocycles. The normalized spacial score (nSPS) is 13.4. The maximum Gasteiger partial charge on any atom is 0.162 e. The van der Waals surface area contributed by atoms with Gasteiger partial charge in [-0.15, -0.1) is 0 Å². The van der Waals surface area contributed by atoms with Gasteiger partial charge in [0.2, 0.25) is 0 Å². The van der Waals surface area contributed by atoms with E-state index >= 15 is 0 Å². The summed E-state index contributed by atoms with van der Waals surface area (Å²) in [6.45, 7) is 12.9. The van der Waals surface area contributed by atoms with Gasteiger partial charge in [0, 0.05) is 51.1 Å². The lowest BCUT2D eigenvalue weighted by molar-refractivity contribution is 0.627. The minimum atomic E-state index is 0.729. The summed E-state index contributed by atoms with van der Waals surface area (Å²) in [6, 6.07) is 55.6. The second-order valence-corrected chi connectivity index (χ2v) is 17.8. The van der Waals surface area contributed by atoms with E-state index in [0.717, 1.165) is 123 Å². The highest BCUT2D eigenvalue weighted by atomic mass is 16.3. The summed E-state index contributed by atoms with van der Waals surface area (Å²) < 4.78 is 13.7. The molecule has 1 aliphatic heterocycles. The van der Waals surface area contributed by atoms with E-state index in [1.165, 1.54) is 22.3 Å². The SMILES string of the molecule is Cc1cccc(C)c1C(=C1C=C(c2ccccc2)C=C(c2nccc3cc(-c4c(C)cccc4C)oc23)N1)c1cc(-c2ccccc2)cc(-c2nccc3cc(-c4c(C)cccc4C)oc23)c1. The molecule has 0 saturated carbocycles. The van der Waals surface area contributed by atoms with Crippen molar-refractivity contribution in [3.05, 3.63) is 244 Å². The van der Waals surface area contributed by atoms with E-state index in [0.29, 0.717) is 0 Å². The van der Waals surface area contributed by atoms with E-state index in [1.807, 2.05) is 24.5 Å². The van der Waals surface area contributed by atoms with Crippen LogP contribution in [0.1, 0.15) is 55.8 Å². The molecule has 10 aromatic rings. The summed E-state index contributed by atoms with van der Waals surface area (Å²) in [5.41, 5.74) is 22.5. The lowest BCUT2D eigenvalue weighted by atomic mass is 9.85. The Morgan fingerprint density at radius 1 is 0.433 bits per heavy atom. The number of furan rings is 2. The van der Waals surface area contributed by atoms with Gasteiger partial charge in [-0.1, -0.05) is 115 Å². The number of fused-ring (bicyclic) bond motifs is 2. The first kappa shape index (κ1) is 41.4. The van der Waals surface area contributed by atoms with Crippen LogP contribution in [0.25, 0.3) is 83.8 Å². The van der Waals surface area contributed by atoms with Crippen molar-refractivity contribution in [2.75, 3.05) is 0 Å². The van der Waals surface area contributed by atoms with Crippen LogP contribution in [0, 0.1) is 41.5 Å². The third-order valence-corrected chi connectivity index (χ3v) is 13.2. The lowest BCUT2D eigenvalue weighted by Crippen LogP contribution is -2.18. The van der Waals surface area contributed by atoms with E-state index in [4.69, 9.17) is 18.8 Å². The van der Waals surface area contributed by atoms with Crippen molar-refractivity contribution in [1.29, 1.82) is 0 Å². The highest BCUT2D eigenvalue weighted by Crippen LogP contribution is 2.43. The molecule has 0 aliphatic carbocycles. The number of benzene rings is 6. The van der Waals surface area contributed by atoms with Gasteiger partial charge in [-0.2, -0.15) is 0 Å². The predicted octanol–water partition coefficient (Wildman–Crippen LogP) is 16.0. The molecule has 11 rings (SSSR count).